The molecule has 94 valence electrons. The highest BCUT2D eigenvalue weighted by Gasteiger charge is 2.27. The molecule has 0 spiro atoms. The van der Waals surface area contributed by atoms with Gasteiger partial charge >= 0.3 is 0 Å². The molecule has 0 unspecified atom stereocenters. The summed E-state index contributed by atoms with van der Waals surface area (Å²) < 4.78 is 4.85. The highest BCUT2D eigenvalue weighted by atomic mass is 32.1. The standard InChI is InChI=1S/C12H12N2O3S/c13-12(18)9-4-2-1-3-8(9)5-14-10(15)6-17-7-11(14)16/h1-4H,5-7H2,(H2,13,18). The Morgan fingerprint density at radius 2 is 1.89 bits per heavy atom. The number of benzene rings is 1. The first-order chi connectivity index (χ1) is 8.59. The second kappa shape index (κ2) is 5.24. The fourth-order valence-corrected chi connectivity index (χ4v) is 1.96. The van der Waals surface area contributed by atoms with Crippen molar-refractivity contribution in [3.63, 3.8) is 0 Å². The number of carbonyl (C=O) groups is 2. The summed E-state index contributed by atoms with van der Waals surface area (Å²) in [5.74, 6) is -0.687. The molecule has 0 radical (unpaired) electrons. The average Bonchev–Trinajstić information content (AvgIpc) is 2.34. The van der Waals surface area contributed by atoms with Crippen molar-refractivity contribution in [1.82, 2.24) is 4.90 Å². The summed E-state index contributed by atoms with van der Waals surface area (Å²) in [7, 11) is 0. The Morgan fingerprint density at radius 3 is 2.50 bits per heavy atom. The maximum absolute atomic E-state index is 11.6. The molecule has 1 aromatic rings. The molecule has 6 heteroatoms. The second-order valence-electron chi connectivity index (χ2n) is 3.89. The van der Waals surface area contributed by atoms with Crippen molar-refractivity contribution >= 4 is 29.0 Å². The van der Waals surface area contributed by atoms with E-state index in [2.05, 4.69) is 0 Å². The summed E-state index contributed by atoms with van der Waals surface area (Å²) in [5, 5.41) is 0. The third-order valence-electron chi connectivity index (χ3n) is 2.66. The van der Waals surface area contributed by atoms with Crippen LogP contribution in [0, 0.1) is 0 Å². The Balaban J connectivity index is 2.25. The van der Waals surface area contributed by atoms with E-state index in [4.69, 9.17) is 22.7 Å². The SMILES string of the molecule is NC(=S)c1ccccc1CN1C(=O)COCC1=O. The smallest absolute Gasteiger partial charge is 0.255 e. The number of imide groups is 1. The number of nitrogens with zero attached hydrogens (tertiary/aromatic N) is 1. The van der Waals surface area contributed by atoms with Gasteiger partial charge in [-0.05, 0) is 5.56 Å². The minimum Gasteiger partial charge on any atom is -0.389 e. The van der Waals surface area contributed by atoms with E-state index >= 15 is 0 Å². The van der Waals surface area contributed by atoms with Gasteiger partial charge in [0.1, 0.15) is 18.2 Å². The zero-order valence-corrected chi connectivity index (χ0v) is 10.4. The van der Waals surface area contributed by atoms with Crippen molar-refractivity contribution in [2.24, 2.45) is 5.73 Å². The van der Waals surface area contributed by atoms with Crippen molar-refractivity contribution in [2.45, 2.75) is 6.54 Å². The van der Waals surface area contributed by atoms with Crippen LogP contribution >= 0.6 is 12.2 Å². The Hall–Kier alpha value is -1.79. The maximum Gasteiger partial charge on any atom is 0.255 e. The van der Waals surface area contributed by atoms with Gasteiger partial charge in [0.15, 0.2) is 0 Å². The number of hydrogen-bond acceptors (Lipinski definition) is 4. The van der Waals surface area contributed by atoms with Gasteiger partial charge < -0.3 is 10.5 Å². The Kier molecular flexibility index (Phi) is 3.69. The van der Waals surface area contributed by atoms with Crippen LogP contribution < -0.4 is 5.73 Å². The molecule has 2 rings (SSSR count). The first-order valence-corrected chi connectivity index (χ1v) is 5.79. The van der Waals surface area contributed by atoms with Crippen molar-refractivity contribution < 1.29 is 14.3 Å². The van der Waals surface area contributed by atoms with E-state index in [1.165, 1.54) is 4.90 Å². The Morgan fingerprint density at radius 1 is 1.28 bits per heavy atom. The summed E-state index contributed by atoms with van der Waals surface area (Å²) >= 11 is 4.94. The van der Waals surface area contributed by atoms with Gasteiger partial charge in [-0.2, -0.15) is 0 Å². The molecular weight excluding hydrogens is 252 g/mol. The van der Waals surface area contributed by atoms with Crippen LogP contribution in [0.1, 0.15) is 11.1 Å². The molecule has 2 amide bonds. The molecule has 1 aliphatic rings. The molecule has 0 aliphatic carbocycles. The van der Waals surface area contributed by atoms with Crippen LogP contribution in [0.3, 0.4) is 0 Å². The second-order valence-corrected chi connectivity index (χ2v) is 4.33. The molecule has 2 N–H and O–H groups in total. The first kappa shape index (κ1) is 12.7. The third-order valence-corrected chi connectivity index (χ3v) is 2.88. The molecule has 0 saturated carbocycles. The minimum absolute atomic E-state index is 0.0685. The fourth-order valence-electron chi connectivity index (χ4n) is 1.77. The predicted octanol–water partition coefficient (Wildman–Crippen LogP) is 0.206. The number of thiocarbonyl (C=S) groups is 1. The quantitative estimate of drug-likeness (QED) is 0.624. The van der Waals surface area contributed by atoms with Gasteiger partial charge in [-0.25, -0.2) is 0 Å². The van der Waals surface area contributed by atoms with E-state index < -0.39 is 0 Å². The molecule has 0 atom stereocenters. The van der Waals surface area contributed by atoms with Crippen molar-refractivity contribution in [1.29, 1.82) is 0 Å². The van der Waals surface area contributed by atoms with Gasteiger partial charge in [-0.1, -0.05) is 36.5 Å². The van der Waals surface area contributed by atoms with Gasteiger partial charge in [0.2, 0.25) is 0 Å². The molecule has 1 fully saturated rings. The predicted molar refractivity (Wildman–Crippen MR) is 68.7 cm³/mol. The lowest BCUT2D eigenvalue weighted by atomic mass is 10.1. The minimum atomic E-state index is -0.344. The molecule has 5 nitrogen and oxygen atoms in total. The molecule has 1 saturated heterocycles. The summed E-state index contributed by atoms with van der Waals surface area (Å²) in [4.78, 5) is 24.6. The molecule has 1 heterocycles. The lowest BCUT2D eigenvalue weighted by Gasteiger charge is -2.25. The average molecular weight is 264 g/mol. The first-order valence-electron chi connectivity index (χ1n) is 5.38. The zero-order valence-electron chi connectivity index (χ0n) is 9.59. The Bertz CT molecular complexity index is 500. The van der Waals surface area contributed by atoms with E-state index in [9.17, 15) is 9.59 Å². The number of hydrogen-bond donors (Lipinski definition) is 1. The van der Waals surface area contributed by atoms with Gasteiger partial charge in [-0.15, -0.1) is 0 Å². The van der Waals surface area contributed by atoms with Crippen LogP contribution in [0.4, 0.5) is 0 Å². The van der Waals surface area contributed by atoms with Gasteiger partial charge in [0.25, 0.3) is 11.8 Å². The summed E-state index contributed by atoms with van der Waals surface area (Å²) in [5.41, 5.74) is 7.05. The van der Waals surface area contributed by atoms with Crippen LogP contribution in [0.15, 0.2) is 24.3 Å². The van der Waals surface area contributed by atoms with Crippen LogP contribution in [0.2, 0.25) is 0 Å². The molecule has 0 aromatic heterocycles. The lowest BCUT2D eigenvalue weighted by molar-refractivity contribution is -0.159. The number of amides is 2. The number of rotatable bonds is 3. The van der Waals surface area contributed by atoms with Gasteiger partial charge in [0, 0.05) is 5.56 Å². The van der Waals surface area contributed by atoms with E-state index in [-0.39, 0.29) is 36.6 Å². The fraction of sp³-hybridized carbons (Fsp3) is 0.250. The maximum atomic E-state index is 11.6. The van der Waals surface area contributed by atoms with Crippen LogP contribution in [-0.2, 0) is 20.9 Å². The monoisotopic (exact) mass is 264 g/mol. The number of ether oxygens (including phenoxy) is 1. The largest absolute Gasteiger partial charge is 0.389 e. The van der Waals surface area contributed by atoms with Gasteiger partial charge in [-0.3, -0.25) is 14.5 Å². The molecular formula is C12H12N2O3S. The van der Waals surface area contributed by atoms with Crippen LogP contribution in [0.5, 0.6) is 0 Å². The third kappa shape index (κ3) is 2.55. The summed E-state index contributed by atoms with van der Waals surface area (Å²) in [6.07, 6.45) is 0. The van der Waals surface area contributed by atoms with E-state index in [1.807, 2.05) is 6.07 Å². The number of morpholine rings is 1. The van der Waals surface area contributed by atoms with Crippen molar-refractivity contribution in [3.8, 4) is 0 Å². The molecule has 18 heavy (non-hydrogen) atoms. The number of carbonyl (C=O) groups excluding carboxylic acids is 2. The molecule has 0 bridgehead atoms. The highest BCUT2D eigenvalue weighted by molar-refractivity contribution is 7.80. The molecule has 1 aliphatic heterocycles. The van der Waals surface area contributed by atoms with Crippen LogP contribution in [0.25, 0.3) is 0 Å². The van der Waals surface area contributed by atoms with E-state index in [0.717, 1.165) is 5.56 Å². The lowest BCUT2D eigenvalue weighted by Crippen LogP contribution is -2.45. The topological polar surface area (TPSA) is 72.6 Å². The van der Waals surface area contributed by atoms with Crippen molar-refractivity contribution in [3.05, 3.63) is 35.4 Å². The highest BCUT2D eigenvalue weighted by Crippen LogP contribution is 2.14. The normalized spacial score (nSPS) is 15.9. The molecule has 1 aromatic carbocycles. The Labute approximate surface area is 110 Å². The van der Waals surface area contributed by atoms with Crippen molar-refractivity contribution in [2.75, 3.05) is 13.2 Å². The zero-order chi connectivity index (χ0) is 13.1. The number of nitrogens with two attached hydrogens (primary N) is 1. The van der Waals surface area contributed by atoms with E-state index in [0.29, 0.717) is 5.56 Å². The van der Waals surface area contributed by atoms with E-state index in [1.54, 1.807) is 18.2 Å². The summed E-state index contributed by atoms with van der Waals surface area (Å²) in [6, 6.07) is 7.19. The van der Waals surface area contributed by atoms with Gasteiger partial charge in [0.05, 0.1) is 6.54 Å². The van der Waals surface area contributed by atoms with Crippen LogP contribution in [-0.4, -0.2) is 34.9 Å². The summed E-state index contributed by atoms with van der Waals surface area (Å²) in [6.45, 7) is 0.0382.